The van der Waals surface area contributed by atoms with E-state index in [1.54, 1.807) is 24.3 Å². The fourth-order valence-corrected chi connectivity index (χ4v) is 10.2. The second-order valence-corrected chi connectivity index (χ2v) is 18.4. The minimum atomic E-state index is -5.64. The molecule has 4 aromatic rings. The molecule has 2 N–H and O–H groups in total. The Hall–Kier alpha value is -4.26. The molecule has 0 spiro atoms. The van der Waals surface area contributed by atoms with Crippen LogP contribution in [0.25, 0.3) is 22.4 Å². The Morgan fingerprint density at radius 1 is 0.930 bits per heavy atom. The molecule has 6 rings (SSSR count). The zero-order valence-electron chi connectivity index (χ0n) is 32.8. The Morgan fingerprint density at radius 3 is 2.25 bits per heavy atom. The van der Waals surface area contributed by atoms with Crippen LogP contribution in [-0.4, -0.2) is 90.1 Å². The van der Waals surface area contributed by atoms with Crippen LogP contribution in [0.15, 0.2) is 83.8 Å². The Bertz CT molecular complexity index is 2310. The van der Waals surface area contributed by atoms with E-state index < -0.39 is 42.0 Å². The topological polar surface area (TPSA) is 86.7 Å². The first-order valence-corrected chi connectivity index (χ1v) is 21.7. The smallest absolute Gasteiger partial charge is 0.347 e. The molecule has 0 amide bonds. The summed E-state index contributed by atoms with van der Waals surface area (Å²) in [5.41, 5.74) is 1.51. The van der Waals surface area contributed by atoms with Crippen LogP contribution in [-0.2, 0) is 34.3 Å². The molecule has 1 saturated heterocycles. The Kier molecular flexibility index (Phi) is 12.9. The number of rotatable bonds is 11. The number of benzene rings is 3. The summed E-state index contributed by atoms with van der Waals surface area (Å²) >= 11 is 0. The molecular weight excluding hydrogens is 775 g/mol. The van der Waals surface area contributed by atoms with Crippen molar-refractivity contribution in [2.24, 2.45) is 7.05 Å². The normalized spacial score (nSPS) is 20.1. The molecule has 14 heteroatoms. The quantitative estimate of drug-likeness (QED) is 0.121. The maximum atomic E-state index is 14.0. The molecule has 3 atom stereocenters. The molecule has 8 nitrogen and oxygen atoms in total. The van der Waals surface area contributed by atoms with Crippen LogP contribution in [0.4, 0.5) is 23.2 Å². The number of likely N-dealkylation sites (N-methyl/N-ethyl adjacent to an activating group) is 2. The maximum absolute atomic E-state index is 14.0. The van der Waals surface area contributed by atoms with E-state index in [4.69, 9.17) is 0 Å². The fourth-order valence-electron chi connectivity index (χ4n) is 7.60. The Labute approximate surface area is 335 Å². The Balaban J connectivity index is 1.21. The molecule has 1 aliphatic heterocycles. The zero-order valence-corrected chi connectivity index (χ0v) is 34.5. The summed E-state index contributed by atoms with van der Waals surface area (Å²) in [6.45, 7) is 8.83. The number of anilines is 1. The molecule has 304 valence electrons. The van der Waals surface area contributed by atoms with E-state index in [1.807, 2.05) is 24.3 Å². The SMILES string of the molecule is CN[C@@]1(C)CCC(S(=O)Nc2ccc(C#Cc3cccc(-c4c(CCCN5CCN(C)CC5)c(C)n(C)c4-c4ccc(F)cc4)c3)cc2)C=C1S(=O)(=O)C(F)(F)F. The highest BCUT2D eigenvalue weighted by atomic mass is 32.2. The highest BCUT2D eigenvalue weighted by molar-refractivity contribution is 7.96. The summed E-state index contributed by atoms with van der Waals surface area (Å²) in [7, 11) is -1.92. The van der Waals surface area contributed by atoms with Crippen molar-refractivity contribution >= 4 is 26.5 Å². The summed E-state index contributed by atoms with van der Waals surface area (Å²) in [6, 6.07) is 21.5. The van der Waals surface area contributed by atoms with Gasteiger partial charge in [0.1, 0.15) is 16.8 Å². The fraction of sp³-hybridized carbons (Fsp3) is 0.395. The largest absolute Gasteiger partial charge is 0.501 e. The van der Waals surface area contributed by atoms with Crippen LogP contribution < -0.4 is 10.0 Å². The van der Waals surface area contributed by atoms with Gasteiger partial charge in [0, 0.05) is 61.3 Å². The van der Waals surface area contributed by atoms with E-state index in [9.17, 15) is 30.2 Å². The lowest BCUT2D eigenvalue weighted by Gasteiger charge is -2.37. The lowest BCUT2D eigenvalue weighted by Crippen LogP contribution is -2.50. The van der Waals surface area contributed by atoms with Gasteiger partial charge >= 0.3 is 5.51 Å². The van der Waals surface area contributed by atoms with E-state index in [0.717, 1.165) is 85.3 Å². The van der Waals surface area contributed by atoms with Crippen molar-refractivity contribution in [3.63, 3.8) is 0 Å². The van der Waals surface area contributed by atoms with Gasteiger partial charge in [0.15, 0.2) is 0 Å². The van der Waals surface area contributed by atoms with Crippen LogP contribution in [0, 0.1) is 24.6 Å². The van der Waals surface area contributed by atoms with Gasteiger partial charge in [-0.05, 0) is 138 Å². The number of alkyl halides is 3. The van der Waals surface area contributed by atoms with Gasteiger partial charge in [-0.1, -0.05) is 30.0 Å². The summed E-state index contributed by atoms with van der Waals surface area (Å²) < 4.78 is 97.8. The van der Waals surface area contributed by atoms with E-state index in [2.05, 4.69) is 69.4 Å². The van der Waals surface area contributed by atoms with E-state index in [0.29, 0.717) is 11.3 Å². The molecule has 57 heavy (non-hydrogen) atoms. The highest BCUT2D eigenvalue weighted by Crippen LogP contribution is 2.42. The number of hydrogen-bond acceptors (Lipinski definition) is 6. The molecular formula is C43H49F4N5O3S2. The predicted molar refractivity (Wildman–Crippen MR) is 221 cm³/mol. The maximum Gasteiger partial charge on any atom is 0.501 e. The molecule has 2 unspecified atom stereocenters. The van der Waals surface area contributed by atoms with Crippen molar-refractivity contribution in [3.05, 3.63) is 112 Å². The third-order valence-corrected chi connectivity index (χ3v) is 14.4. The monoisotopic (exact) mass is 823 g/mol. The zero-order chi connectivity index (χ0) is 41.1. The number of sulfone groups is 1. The van der Waals surface area contributed by atoms with Gasteiger partial charge < -0.3 is 24.4 Å². The average molecular weight is 824 g/mol. The third kappa shape index (κ3) is 9.39. The van der Waals surface area contributed by atoms with Crippen molar-refractivity contribution in [2.45, 2.75) is 55.8 Å². The minimum Gasteiger partial charge on any atom is -0.347 e. The molecule has 3 aromatic carbocycles. The van der Waals surface area contributed by atoms with Crippen LogP contribution in [0.3, 0.4) is 0 Å². The van der Waals surface area contributed by atoms with Crippen LogP contribution in [0.1, 0.15) is 48.6 Å². The van der Waals surface area contributed by atoms with E-state index in [1.165, 1.54) is 31.7 Å². The standard InChI is InChI=1S/C43H49F4N5O3S2/c1-30-38(10-7-23-52-26-24-50(4)25-27-52)40(41(51(30)5)33-15-17-35(44)18-16-33)34-9-6-8-32(28-34)12-11-31-13-19-36(20-14-31)49-56(53)37-21-22-42(2,48-3)39(29-37)57(54,55)43(45,46)47/h6,8-9,13-20,28-29,37,48-49H,7,10,21-27H2,1-5H3/t37?,42-,56?/m0/s1. The van der Waals surface area contributed by atoms with Gasteiger partial charge in [-0.3, -0.25) is 0 Å². The lowest BCUT2D eigenvalue weighted by atomic mass is 9.89. The van der Waals surface area contributed by atoms with E-state index in [-0.39, 0.29) is 18.7 Å². The second-order valence-electron chi connectivity index (χ2n) is 15.0. The van der Waals surface area contributed by atoms with Gasteiger partial charge in [-0.2, -0.15) is 13.2 Å². The molecule has 0 bridgehead atoms. The number of nitrogens with zero attached hydrogens (tertiary/aromatic N) is 3. The molecule has 1 aliphatic carbocycles. The summed E-state index contributed by atoms with van der Waals surface area (Å²) in [5.74, 6) is 6.17. The number of piperazine rings is 1. The molecule has 2 aliphatic rings. The van der Waals surface area contributed by atoms with Gasteiger partial charge in [0.2, 0.25) is 0 Å². The molecule has 2 heterocycles. The molecule has 0 saturated carbocycles. The van der Waals surface area contributed by atoms with Gasteiger partial charge in [0.25, 0.3) is 9.84 Å². The molecule has 1 fully saturated rings. The predicted octanol–water partition coefficient (Wildman–Crippen LogP) is 7.42. The lowest BCUT2D eigenvalue weighted by molar-refractivity contribution is -0.0431. The molecule has 1 aromatic heterocycles. The number of nitrogens with one attached hydrogen (secondary N) is 2. The van der Waals surface area contributed by atoms with Crippen molar-refractivity contribution < 1.29 is 30.2 Å². The van der Waals surface area contributed by atoms with Gasteiger partial charge in [0.05, 0.1) is 21.4 Å². The van der Waals surface area contributed by atoms with Crippen LogP contribution in [0.2, 0.25) is 0 Å². The molecule has 0 radical (unpaired) electrons. The summed E-state index contributed by atoms with van der Waals surface area (Å²) in [6.07, 6.45) is 3.13. The summed E-state index contributed by atoms with van der Waals surface area (Å²) in [5, 5.41) is 1.74. The average Bonchev–Trinajstić information content (AvgIpc) is 3.43. The van der Waals surface area contributed by atoms with Crippen LogP contribution in [0.5, 0.6) is 0 Å². The minimum absolute atomic E-state index is 0.0497. The summed E-state index contributed by atoms with van der Waals surface area (Å²) in [4.78, 5) is 4.06. The van der Waals surface area contributed by atoms with Crippen LogP contribution >= 0.6 is 0 Å². The second kappa shape index (κ2) is 17.3. The van der Waals surface area contributed by atoms with Crippen molar-refractivity contribution in [2.75, 3.05) is 51.5 Å². The number of halogens is 4. The van der Waals surface area contributed by atoms with Crippen molar-refractivity contribution in [3.8, 4) is 34.2 Å². The first-order valence-electron chi connectivity index (χ1n) is 19.0. The van der Waals surface area contributed by atoms with E-state index >= 15 is 0 Å². The third-order valence-electron chi connectivity index (χ3n) is 11.3. The van der Waals surface area contributed by atoms with Crippen molar-refractivity contribution in [1.29, 1.82) is 0 Å². The first-order chi connectivity index (χ1) is 27.0. The van der Waals surface area contributed by atoms with Gasteiger partial charge in [-0.15, -0.1) is 0 Å². The van der Waals surface area contributed by atoms with Gasteiger partial charge in [-0.25, -0.2) is 17.0 Å². The van der Waals surface area contributed by atoms with Crippen molar-refractivity contribution in [1.82, 2.24) is 19.7 Å². The first kappa shape index (κ1) is 42.3. The number of aromatic nitrogens is 1. The highest BCUT2D eigenvalue weighted by Gasteiger charge is 2.54. The number of hydrogen-bond donors (Lipinski definition) is 2. The Morgan fingerprint density at radius 2 is 1.60 bits per heavy atom.